The van der Waals surface area contributed by atoms with E-state index in [1.54, 1.807) is 0 Å². The van der Waals surface area contributed by atoms with Crippen LogP contribution in [-0.4, -0.2) is 43.9 Å². The van der Waals surface area contributed by atoms with E-state index in [0.29, 0.717) is 6.04 Å². The number of aliphatic carboxylic acids is 1. The number of aromatic amines is 1. The van der Waals surface area contributed by atoms with Crippen LogP contribution in [0.4, 0.5) is 0 Å². The van der Waals surface area contributed by atoms with Crippen molar-refractivity contribution >= 4 is 5.97 Å². The van der Waals surface area contributed by atoms with Crippen LogP contribution in [0.2, 0.25) is 0 Å². The van der Waals surface area contributed by atoms with Crippen LogP contribution in [0, 0.1) is 0 Å². The Morgan fingerprint density at radius 1 is 1.21 bits per heavy atom. The van der Waals surface area contributed by atoms with Crippen molar-refractivity contribution < 1.29 is 15.0 Å². The van der Waals surface area contributed by atoms with Gasteiger partial charge in [0.2, 0.25) is 0 Å². The molecule has 6 nitrogen and oxygen atoms in total. The molecule has 0 spiro atoms. The van der Waals surface area contributed by atoms with Crippen molar-refractivity contribution in [3.63, 3.8) is 0 Å². The van der Waals surface area contributed by atoms with E-state index >= 15 is 0 Å². The summed E-state index contributed by atoms with van der Waals surface area (Å²) in [5.74, 6) is -1.19. The molecule has 1 aromatic heterocycles. The SMILES string of the molecule is CC(O)C(=O)O.c1ccc(CN2CCc3cccc4c3C2Cc2cn[nH]c2-4)cc1. The number of H-pyrrole nitrogens is 1. The van der Waals surface area contributed by atoms with E-state index in [0.717, 1.165) is 25.9 Å². The fourth-order valence-electron chi connectivity index (χ4n) is 4.19. The molecule has 3 aromatic rings. The third-order valence-electron chi connectivity index (χ3n) is 5.63. The van der Waals surface area contributed by atoms with Crippen molar-refractivity contribution in [1.82, 2.24) is 15.1 Å². The number of aliphatic hydroxyl groups is 1. The minimum atomic E-state index is -1.23. The van der Waals surface area contributed by atoms with Crippen LogP contribution in [0.1, 0.15) is 35.2 Å². The number of carboxylic acids is 1. The Kier molecular flexibility index (Phi) is 5.47. The fourth-order valence-corrected chi connectivity index (χ4v) is 4.19. The molecule has 6 heteroatoms. The average Bonchev–Trinajstić information content (AvgIpc) is 3.20. The Bertz CT molecular complexity index is 998. The van der Waals surface area contributed by atoms with Gasteiger partial charge in [-0.05, 0) is 42.0 Å². The number of aliphatic hydroxyl groups excluding tert-OH is 1. The Morgan fingerprint density at radius 2 is 1.97 bits per heavy atom. The summed E-state index contributed by atoms with van der Waals surface area (Å²) in [5.41, 5.74) is 8.35. The lowest BCUT2D eigenvalue weighted by Gasteiger charge is -2.40. The Balaban J connectivity index is 0.000000302. The number of nitrogens with one attached hydrogen (secondary N) is 1. The molecule has 0 saturated heterocycles. The molecular weight excluding hydrogens is 366 g/mol. The van der Waals surface area contributed by atoms with Gasteiger partial charge in [0.1, 0.15) is 6.10 Å². The maximum Gasteiger partial charge on any atom is 0.332 e. The zero-order chi connectivity index (χ0) is 20.4. The molecule has 0 amide bonds. The lowest BCUT2D eigenvalue weighted by atomic mass is 9.79. The van der Waals surface area contributed by atoms with E-state index in [1.165, 1.54) is 40.4 Å². The molecule has 0 fully saturated rings. The maximum atomic E-state index is 9.45. The molecule has 2 aromatic carbocycles. The molecule has 2 heterocycles. The summed E-state index contributed by atoms with van der Waals surface area (Å²) in [7, 11) is 0. The molecule has 0 bridgehead atoms. The Labute approximate surface area is 169 Å². The summed E-state index contributed by atoms with van der Waals surface area (Å²) < 4.78 is 0. The topological polar surface area (TPSA) is 89.4 Å². The number of fused-ring (bicyclic) bond motifs is 2. The van der Waals surface area contributed by atoms with Gasteiger partial charge in [0, 0.05) is 24.7 Å². The summed E-state index contributed by atoms with van der Waals surface area (Å²) in [5, 5.41) is 23.3. The average molecular weight is 391 g/mol. The van der Waals surface area contributed by atoms with Crippen molar-refractivity contribution in [1.29, 1.82) is 0 Å². The summed E-state index contributed by atoms with van der Waals surface area (Å²) >= 11 is 0. The smallest absolute Gasteiger partial charge is 0.332 e. The lowest BCUT2D eigenvalue weighted by molar-refractivity contribution is -0.145. The van der Waals surface area contributed by atoms with Gasteiger partial charge in [-0.25, -0.2) is 4.79 Å². The van der Waals surface area contributed by atoms with Crippen molar-refractivity contribution in [2.24, 2.45) is 0 Å². The zero-order valence-corrected chi connectivity index (χ0v) is 16.4. The highest BCUT2D eigenvalue weighted by Crippen LogP contribution is 2.44. The van der Waals surface area contributed by atoms with E-state index in [4.69, 9.17) is 10.2 Å². The van der Waals surface area contributed by atoms with Crippen molar-refractivity contribution in [3.8, 4) is 11.3 Å². The maximum absolute atomic E-state index is 9.45. The van der Waals surface area contributed by atoms with Crippen LogP contribution in [0.15, 0.2) is 54.7 Å². The first-order valence-corrected chi connectivity index (χ1v) is 9.88. The lowest BCUT2D eigenvalue weighted by Crippen LogP contribution is -2.37. The van der Waals surface area contributed by atoms with Crippen molar-refractivity contribution in [2.45, 2.75) is 38.5 Å². The number of rotatable bonds is 3. The van der Waals surface area contributed by atoms with Crippen molar-refractivity contribution in [2.75, 3.05) is 6.54 Å². The molecule has 150 valence electrons. The van der Waals surface area contributed by atoms with Gasteiger partial charge in [-0.1, -0.05) is 48.5 Å². The third-order valence-corrected chi connectivity index (χ3v) is 5.63. The Morgan fingerprint density at radius 3 is 2.69 bits per heavy atom. The highest BCUT2D eigenvalue weighted by atomic mass is 16.4. The first-order valence-electron chi connectivity index (χ1n) is 9.88. The van der Waals surface area contributed by atoms with Crippen molar-refractivity contribution in [3.05, 3.63) is 77.0 Å². The van der Waals surface area contributed by atoms with E-state index < -0.39 is 12.1 Å². The van der Waals surface area contributed by atoms with E-state index in [2.05, 4.69) is 63.6 Å². The molecule has 29 heavy (non-hydrogen) atoms. The second-order valence-corrected chi connectivity index (χ2v) is 7.59. The standard InChI is InChI=1S/C20H19N3.C3H6O3/c1-2-5-14(6-3-1)13-23-10-9-15-7-4-8-17-19(15)18(23)11-16-12-21-22-20(16)17;1-2(4)3(5)6/h1-8,12,18H,9-11,13H2,(H,21,22);2,4H,1H3,(H,5,6). The van der Waals surface area contributed by atoms with Gasteiger partial charge < -0.3 is 10.2 Å². The number of carbonyl (C=O) groups is 1. The number of carboxylic acid groups (broad SMARTS) is 1. The quantitative estimate of drug-likeness (QED) is 0.638. The minimum Gasteiger partial charge on any atom is -0.479 e. The van der Waals surface area contributed by atoms with Gasteiger partial charge >= 0.3 is 5.97 Å². The summed E-state index contributed by atoms with van der Waals surface area (Å²) in [6.07, 6.45) is 2.96. The number of benzene rings is 2. The van der Waals surface area contributed by atoms with Crippen LogP contribution < -0.4 is 0 Å². The number of nitrogens with zero attached hydrogens (tertiary/aromatic N) is 2. The Hall–Kier alpha value is -2.96. The predicted molar refractivity (Wildman–Crippen MR) is 110 cm³/mol. The molecular formula is C23H25N3O3. The third kappa shape index (κ3) is 3.95. The molecule has 5 rings (SSSR count). The van der Waals surface area contributed by atoms with Crippen LogP contribution >= 0.6 is 0 Å². The largest absolute Gasteiger partial charge is 0.479 e. The van der Waals surface area contributed by atoms with E-state index in [9.17, 15) is 4.79 Å². The second kappa shape index (κ2) is 8.19. The highest BCUT2D eigenvalue weighted by Gasteiger charge is 2.34. The second-order valence-electron chi connectivity index (χ2n) is 7.59. The van der Waals surface area contributed by atoms with Gasteiger partial charge in [-0.3, -0.25) is 10.00 Å². The zero-order valence-electron chi connectivity index (χ0n) is 16.4. The first kappa shape index (κ1) is 19.4. The highest BCUT2D eigenvalue weighted by molar-refractivity contribution is 5.72. The summed E-state index contributed by atoms with van der Waals surface area (Å²) in [4.78, 5) is 12.1. The van der Waals surface area contributed by atoms with Crippen LogP contribution in [0.5, 0.6) is 0 Å². The van der Waals surface area contributed by atoms with Gasteiger partial charge in [-0.15, -0.1) is 0 Å². The van der Waals surface area contributed by atoms with Crippen LogP contribution in [0.3, 0.4) is 0 Å². The minimum absolute atomic E-state index is 0.472. The molecule has 0 radical (unpaired) electrons. The van der Waals surface area contributed by atoms with Gasteiger partial charge in [0.25, 0.3) is 0 Å². The normalized spacial score (nSPS) is 18.1. The first-order chi connectivity index (χ1) is 14.0. The van der Waals surface area contributed by atoms with Gasteiger partial charge in [0.05, 0.1) is 11.9 Å². The number of hydrogen-bond acceptors (Lipinski definition) is 4. The molecule has 0 saturated carbocycles. The monoisotopic (exact) mass is 391 g/mol. The summed E-state index contributed by atoms with van der Waals surface area (Å²) in [6.45, 7) is 3.35. The summed E-state index contributed by atoms with van der Waals surface area (Å²) in [6, 6.07) is 18.0. The molecule has 2 unspecified atom stereocenters. The molecule has 1 aliphatic carbocycles. The molecule has 3 N–H and O–H groups in total. The molecule has 1 aliphatic heterocycles. The fraction of sp³-hybridized carbons (Fsp3) is 0.304. The predicted octanol–water partition coefficient (Wildman–Crippen LogP) is 3.18. The number of hydrogen-bond donors (Lipinski definition) is 3. The van der Waals surface area contributed by atoms with Crippen LogP contribution in [0.25, 0.3) is 11.3 Å². The molecule has 2 atom stereocenters. The van der Waals surface area contributed by atoms with Gasteiger partial charge in [-0.2, -0.15) is 5.10 Å². The van der Waals surface area contributed by atoms with Crippen LogP contribution in [-0.2, 0) is 24.2 Å². The van der Waals surface area contributed by atoms with Gasteiger partial charge in [0.15, 0.2) is 0 Å². The van der Waals surface area contributed by atoms with E-state index in [-0.39, 0.29) is 0 Å². The van der Waals surface area contributed by atoms with E-state index in [1.807, 2.05) is 6.20 Å². The molecule has 2 aliphatic rings. The number of aromatic nitrogens is 2.